The summed E-state index contributed by atoms with van der Waals surface area (Å²) in [6.07, 6.45) is 2.16. The van der Waals surface area contributed by atoms with Crippen molar-refractivity contribution in [3.63, 3.8) is 0 Å². The molecule has 0 aromatic rings. The summed E-state index contributed by atoms with van der Waals surface area (Å²) in [4.78, 5) is 10.1. The van der Waals surface area contributed by atoms with E-state index < -0.39 is 12.0 Å². The molecule has 0 rings (SSSR count). The quantitative estimate of drug-likeness (QED) is 0.362. The van der Waals surface area contributed by atoms with Crippen LogP contribution in [0.2, 0.25) is 0 Å². The minimum absolute atomic E-state index is 0.520. The van der Waals surface area contributed by atoms with Crippen LogP contribution in [0.25, 0.3) is 0 Å². The van der Waals surface area contributed by atoms with E-state index in [1.807, 2.05) is 0 Å². The Hall–Kier alpha value is -0.610. The number of nitrogens with two attached hydrogens (primary N) is 2. The minimum atomic E-state index is -0.933. The summed E-state index contributed by atoms with van der Waals surface area (Å²) in [6.45, 7) is 0.604. The Morgan fingerprint density at radius 1 is 1.50 bits per heavy atom. The fourth-order valence-corrected chi connectivity index (χ4v) is 0.632. The van der Waals surface area contributed by atoms with Gasteiger partial charge in [0.2, 0.25) is 0 Å². The van der Waals surface area contributed by atoms with E-state index in [1.165, 1.54) is 0 Å². The second-order valence-corrected chi connectivity index (χ2v) is 2.23. The number of hydrogen-bond donors (Lipinski definition) is 3. The van der Waals surface area contributed by atoms with E-state index in [9.17, 15) is 4.79 Å². The van der Waals surface area contributed by atoms with Gasteiger partial charge in [0, 0.05) is 0 Å². The predicted molar refractivity (Wildman–Crippen MR) is 38.5 cm³/mol. The number of carboxylic acid groups (broad SMARTS) is 1. The number of hydrogen-bond acceptors (Lipinski definition) is 3. The van der Waals surface area contributed by atoms with E-state index in [4.69, 9.17) is 16.6 Å². The van der Waals surface area contributed by atoms with E-state index in [0.717, 1.165) is 12.8 Å². The zero-order valence-electron chi connectivity index (χ0n) is 5.92. The normalized spacial score (nSPS) is 13.0. The summed E-state index contributed by atoms with van der Waals surface area (Å²) in [6, 6.07) is -0.716. The smallest absolute Gasteiger partial charge is 0.320 e. The van der Waals surface area contributed by atoms with Gasteiger partial charge >= 0.3 is 5.97 Å². The Labute approximate surface area is 60.2 Å². The predicted octanol–water partition coefficient (Wildman–Crippen LogP) is -0.473. The van der Waals surface area contributed by atoms with Crippen molar-refractivity contribution in [2.75, 3.05) is 6.54 Å². The third-order valence-corrected chi connectivity index (χ3v) is 1.29. The van der Waals surface area contributed by atoms with Crippen molar-refractivity contribution in [3.05, 3.63) is 0 Å². The van der Waals surface area contributed by atoms with E-state index in [2.05, 4.69) is 0 Å². The lowest BCUT2D eigenvalue weighted by Crippen LogP contribution is -2.29. The third-order valence-electron chi connectivity index (χ3n) is 1.29. The number of carbonyl (C=O) groups is 1. The van der Waals surface area contributed by atoms with Crippen LogP contribution >= 0.6 is 0 Å². The lowest BCUT2D eigenvalue weighted by molar-refractivity contribution is -0.138. The van der Waals surface area contributed by atoms with Gasteiger partial charge in [-0.1, -0.05) is 6.42 Å². The van der Waals surface area contributed by atoms with Gasteiger partial charge in [-0.05, 0) is 19.4 Å². The van der Waals surface area contributed by atoms with Crippen LogP contribution in [0.1, 0.15) is 19.3 Å². The maximum atomic E-state index is 10.1. The van der Waals surface area contributed by atoms with E-state index in [-0.39, 0.29) is 0 Å². The number of carboxylic acids is 1. The van der Waals surface area contributed by atoms with Gasteiger partial charge in [-0.25, -0.2) is 0 Å². The summed E-state index contributed by atoms with van der Waals surface area (Å²) in [5, 5.41) is 8.33. The monoisotopic (exact) mass is 147 g/mol. The molecule has 0 spiro atoms. The Morgan fingerprint density at radius 2 is 2.10 bits per heavy atom. The van der Waals surface area contributed by atoms with E-state index >= 15 is 0 Å². The molecule has 0 aromatic carbocycles. The molecule has 0 fully saturated rings. The Morgan fingerprint density at radius 3 is 2.50 bits per heavy atom. The lowest BCUT2D eigenvalue weighted by atomic mass is 10.2. The lowest BCUT2D eigenvalue weighted by Gasteiger charge is -2.03. The number of unbranched alkanes of at least 4 members (excludes halogenated alkanes) is 1. The van der Waals surface area contributed by atoms with Crippen LogP contribution in [-0.2, 0) is 4.79 Å². The fourth-order valence-electron chi connectivity index (χ4n) is 0.632. The van der Waals surface area contributed by atoms with Gasteiger partial charge in [0.25, 0.3) is 0 Å². The van der Waals surface area contributed by atoms with Gasteiger partial charge < -0.3 is 16.6 Å². The second-order valence-electron chi connectivity index (χ2n) is 2.23. The molecular formula is C6H14N2O2. The molecule has 1 atom stereocenters. The molecule has 4 nitrogen and oxygen atoms in total. The van der Waals surface area contributed by atoms with Crippen LogP contribution < -0.4 is 11.5 Å². The van der Waals surface area contributed by atoms with Crippen molar-refractivity contribution < 1.29 is 9.90 Å². The van der Waals surface area contributed by atoms with Crippen LogP contribution in [0.4, 0.5) is 0 Å². The molecule has 0 aromatic heterocycles. The Bertz CT molecular complexity index is 106. The molecule has 60 valence electrons. The maximum Gasteiger partial charge on any atom is 0.320 e. The summed E-state index contributed by atoms with van der Waals surface area (Å²) >= 11 is 0. The molecular weight excluding hydrogens is 133 g/mol. The summed E-state index contributed by atoms with van der Waals surface area (Å²) in [7, 11) is 0. The molecule has 1 unspecified atom stereocenters. The zero-order chi connectivity index (χ0) is 7.98. The highest BCUT2D eigenvalue weighted by Gasteiger charge is 2.09. The average molecular weight is 147 g/mol. The summed E-state index contributed by atoms with van der Waals surface area (Å²) in [5.74, 6) is -0.933. The number of aliphatic carboxylic acids is 1. The molecule has 0 radical (unpaired) electrons. The van der Waals surface area contributed by atoms with Gasteiger partial charge in [0.1, 0.15) is 6.04 Å². The summed E-state index contributed by atoms with van der Waals surface area (Å²) < 4.78 is 0. The highest BCUT2D eigenvalue weighted by Crippen LogP contribution is 1.96. The van der Waals surface area contributed by atoms with Gasteiger partial charge in [0.05, 0.1) is 0 Å². The van der Waals surface area contributed by atoms with Gasteiger partial charge in [0.15, 0.2) is 0 Å². The van der Waals surface area contributed by atoms with Crippen LogP contribution in [-0.4, -0.2) is 23.7 Å². The topological polar surface area (TPSA) is 89.3 Å². The molecule has 0 aliphatic heterocycles. The second kappa shape index (κ2) is 5.20. The molecule has 0 heterocycles. The molecule has 4 heteroatoms. The molecule has 0 bridgehead atoms. The first-order valence-electron chi connectivity index (χ1n) is 3.37. The summed E-state index contributed by atoms with van der Waals surface area (Å²) in [5.41, 5.74) is 10.4. The van der Waals surface area contributed by atoms with E-state index in [0.29, 0.717) is 13.0 Å². The third kappa shape index (κ3) is 4.29. The van der Waals surface area contributed by atoms with Crippen LogP contribution in [0, 0.1) is 0 Å². The van der Waals surface area contributed by atoms with Crippen LogP contribution in [0.3, 0.4) is 0 Å². The Balaban J connectivity index is 3.21. The number of rotatable bonds is 5. The molecule has 0 saturated carbocycles. The van der Waals surface area contributed by atoms with E-state index in [1.54, 1.807) is 0 Å². The van der Waals surface area contributed by atoms with Crippen LogP contribution in [0.5, 0.6) is 0 Å². The van der Waals surface area contributed by atoms with Gasteiger partial charge in [-0.2, -0.15) is 0 Å². The van der Waals surface area contributed by atoms with Gasteiger partial charge in [-0.3, -0.25) is 4.79 Å². The van der Waals surface area contributed by atoms with Gasteiger partial charge in [-0.15, -0.1) is 0 Å². The standard InChI is InChI=1S/C6H14N2O2/c7-4-2-1-3-5(8)6(9)10/h5H,1-4,7-8H2,(H,9,10)/i6+1. The van der Waals surface area contributed by atoms with Crippen LogP contribution in [0.15, 0.2) is 0 Å². The Kier molecular flexibility index (Phi) is 4.88. The first-order chi connectivity index (χ1) is 4.68. The maximum absolute atomic E-state index is 10.1. The molecule has 0 saturated heterocycles. The first-order valence-corrected chi connectivity index (χ1v) is 3.37. The van der Waals surface area contributed by atoms with Crippen molar-refractivity contribution >= 4 is 5.97 Å². The molecule has 5 N–H and O–H groups in total. The zero-order valence-corrected chi connectivity index (χ0v) is 5.92. The molecule has 0 aliphatic carbocycles. The largest absolute Gasteiger partial charge is 0.480 e. The highest BCUT2D eigenvalue weighted by molar-refractivity contribution is 5.72. The van der Waals surface area contributed by atoms with Crippen molar-refractivity contribution in [2.24, 2.45) is 11.5 Å². The van der Waals surface area contributed by atoms with Crippen molar-refractivity contribution in [1.82, 2.24) is 0 Å². The first kappa shape index (κ1) is 9.39. The highest BCUT2D eigenvalue weighted by atomic mass is 16.5. The van der Waals surface area contributed by atoms with Crippen molar-refractivity contribution in [1.29, 1.82) is 0 Å². The average Bonchev–Trinajstić information content (AvgIpc) is 1.88. The van der Waals surface area contributed by atoms with Crippen molar-refractivity contribution in [2.45, 2.75) is 25.3 Å². The van der Waals surface area contributed by atoms with Crippen molar-refractivity contribution in [3.8, 4) is 0 Å². The minimum Gasteiger partial charge on any atom is -0.480 e. The molecule has 0 aliphatic rings. The molecule has 0 amide bonds. The fraction of sp³-hybridized carbons (Fsp3) is 0.833. The molecule has 10 heavy (non-hydrogen) atoms. The SMILES string of the molecule is NCCCCC(N)[13C](=O)O.